The summed E-state index contributed by atoms with van der Waals surface area (Å²) in [6, 6.07) is 7.46. The molecule has 0 aliphatic heterocycles. The topological polar surface area (TPSA) is 49.8 Å². The number of carbonyl (C=O) groups is 1. The van der Waals surface area contributed by atoms with E-state index in [2.05, 4.69) is 6.92 Å². The molecule has 0 bridgehead atoms. The van der Waals surface area contributed by atoms with Crippen LogP contribution >= 0.6 is 11.8 Å². The maximum absolute atomic E-state index is 10.9. The Morgan fingerprint density at radius 3 is 2.56 bits per heavy atom. The van der Waals surface area contributed by atoms with Gasteiger partial charge in [0, 0.05) is 18.0 Å². The molecule has 0 radical (unpaired) electrons. The number of thioether (sulfide) groups is 1. The molecular formula is C13H19NO3S. The summed E-state index contributed by atoms with van der Waals surface area (Å²) in [7, 11) is 1.61. The predicted octanol–water partition coefficient (Wildman–Crippen LogP) is 2.34. The van der Waals surface area contributed by atoms with E-state index in [1.54, 1.807) is 18.9 Å². The van der Waals surface area contributed by atoms with Gasteiger partial charge in [-0.05, 0) is 30.0 Å². The lowest BCUT2D eigenvalue weighted by Gasteiger charge is -2.22. The number of rotatable bonds is 8. The Morgan fingerprint density at radius 2 is 2.06 bits per heavy atom. The minimum absolute atomic E-state index is 0.0244. The lowest BCUT2D eigenvalue weighted by Crippen LogP contribution is -2.31. The number of carboxylic acid groups (broad SMARTS) is 1. The van der Waals surface area contributed by atoms with E-state index >= 15 is 0 Å². The molecule has 1 aromatic rings. The summed E-state index contributed by atoms with van der Waals surface area (Å²) in [6.45, 7) is 2.85. The Kier molecular flexibility index (Phi) is 6.43. The molecule has 100 valence electrons. The zero-order valence-corrected chi connectivity index (χ0v) is 11.6. The SMILES string of the molecule is CCSCCN(CC(=O)O)c1ccc(OC)cc1. The second-order valence-electron chi connectivity index (χ2n) is 3.71. The number of nitrogens with zero attached hydrogens (tertiary/aromatic N) is 1. The fourth-order valence-corrected chi connectivity index (χ4v) is 2.21. The van der Waals surface area contributed by atoms with Crippen LogP contribution < -0.4 is 9.64 Å². The average Bonchev–Trinajstić information content (AvgIpc) is 2.37. The normalized spacial score (nSPS) is 10.1. The van der Waals surface area contributed by atoms with Crippen molar-refractivity contribution in [3.63, 3.8) is 0 Å². The Labute approximate surface area is 112 Å². The first kappa shape index (κ1) is 14.7. The third kappa shape index (κ3) is 4.87. The van der Waals surface area contributed by atoms with Crippen LogP contribution in [0.4, 0.5) is 5.69 Å². The second kappa shape index (κ2) is 7.87. The lowest BCUT2D eigenvalue weighted by molar-refractivity contribution is -0.135. The van der Waals surface area contributed by atoms with Gasteiger partial charge in [-0.3, -0.25) is 4.79 Å². The molecule has 1 rings (SSSR count). The van der Waals surface area contributed by atoms with Crippen LogP contribution in [0.5, 0.6) is 5.75 Å². The van der Waals surface area contributed by atoms with Crippen LogP contribution in [0.1, 0.15) is 6.92 Å². The van der Waals surface area contributed by atoms with Gasteiger partial charge in [-0.1, -0.05) is 6.92 Å². The zero-order valence-electron chi connectivity index (χ0n) is 10.8. The van der Waals surface area contributed by atoms with Gasteiger partial charge in [-0.25, -0.2) is 0 Å². The molecule has 1 N–H and O–H groups in total. The summed E-state index contributed by atoms with van der Waals surface area (Å²) in [4.78, 5) is 12.7. The van der Waals surface area contributed by atoms with Crippen molar-refractivity contribution in [2.24, 2.45) is 0 Å². The highest BCUT2D eigenvalue weighted by Crippen LogP contribution is 2.19. The molecule has 0 fully saturated rings. The van der Waals surface area contributed by atoms with Gasteiger partial charge in [0.25, 0.3) is 0 Å². The first-order valence-corrected chi connectivity index (χ1v) is 7.01. The summed E-state index contributed by atoms with van der Waals surface area (Å²) in [5, 5.41) is 8.93. The van der Waals surface area contributed by atoms with Crippen LogP contribution in [0.2, 0.25) is 0 Å². The molecule has 0 heterocycles. The number of anilines is 1. The Hall–Kier alpha value is -1.36. The standard InChI is InChI=1S/C13H19NO3S/c1-3-18-9-8-14(10-13(15)16)11-4-6-12(17-2)7-5-11/h4-7H,3,8-10H2,1-2H3,(H,15,16). The van der Waals surface area contributed by atoms with E-state index in [1.807, 2.05) is 29.2 Å². The third-order valence-corrected chi connectivity index (χ3v) is 3.35. The summed E-state index contributed by atoms with van der Waals surface area (Å²) in [6.07, 6.45) is 0. The molecule has 0 aliphatic carbocycles. The molecule has 0 aromatic heterocycles. The summed E-state index contributed by atoms with van der Waals surface area (Å²) < 4.78 is 5.09. The van der Waals surface area contributed by atoms with Gasteiger partial charge in [0.05, 0.1) is 7.11 Å². The molecule has 0 amide bonds. The number of aliphatic carboxylic acids is 1. The Bertz CT molecular complexity index is 367. The van der Waals surface area contributed by atoms with Gasteiger partial charge in [-0.15, -0.1) is 0 Å². The van der Waals surface area contributed by atoms with Gasteiger partial charge < -0.3 is 14.7 Å². The molecule has 1 aromatic carbocycles. The molecule has 0 aliphatic rings. The molecule has 0 atom stereocenters. The van der Waals surface area contributed by atoms with Gasteiger partial charge >= 0.3 is 5.97 Å². The van der Waals surface area contributed by atoms with Crippen molar-refractivity contribution in [2.45, 2.75) is 6.92 Å². The quantitative estimate of drug-likeness (QED) is 0.734. The summed E-state index contributed by atoms with van der Waals surface area (Å²) in [5.74, 6) is 1.93. The van der Waals surface area contributed by atoms with Crippen molar-refractivity contribution in [1.29, 1.82) is 0 Å². The number of carboxylic acids is 1. The van der Waals surface area contributed by atoms with E-state index in [4.69, 9.17) is 9.84 Å². The lowest BCUT2D eigenvalue weighted by atomic mass is 10.2. The molecule has 0 unspecified atom stereocenters. The highest BCUT2D eigenvalue weighted by molar-refractivity contribution is 7.99. The molecular weight excluding hydrogens is 250 g/mol. The van der Waals surface area contributed by atoms with Gasteiger partial charge in [-0.2, -0.15) is 11.8 Å². The molecule has 0 saturated carbocycles. The monoisotopic (exact) mass is 269 g/mol. The summed E-state index contributed by atoms with van der Waals surface area (Å²) in [5.41, 5.74) is 0.912. The smallest absolute Gasteiger partial charge is 0.323 e. The van der Waals surface area contributed by atoms with Crippen molar-refractivity contribution in [3.05, 3.63) is 24.3 Å². The third-order valence-electron chi connectivity index (χ3n) is 2.47. The highest BCUT2D eigenvalue weighted by atomic mass is 32.2. The van der Waals surface area contributed by atoms with Crippen molar-refractivity contribution >= 4 is 23.4 Å². The zero-order chi connectivity index (χ0) is 13.4. The first-order chi connectivity index (χ1) is 8.67. The van der Waals surface area contributed by atoms with Crippen molar-refractivity contribution in [3.8, 4) is 5.75 Å². The number of hydrogen-bond donors (Lipinski definition) is 1. The average molecular weight is 269 g/mol. The Balaban J connectivity index is 2.69. The van der Waals surface area contributed by atoms with E-state index in [0.717, 1.165) is 29.5 Å². The molecule has 5 heteroatoms. The van der Waals surface area contributed by atoms with Gasteiger partial charge in [0.2, 0.25) is 0 Å². The largest absolute Gasteiger partial charge is 0.497 e. The van der Waals surface area contributed by atoms with E-state index < -0.39 is 5.97 Å². The van der Waals surface area contributed by atoms with Crippen LogP contribution in [-0.4, -0.2) is 42.8 Å². The number of benzene rings is 1. The Morgan fingerprint density at radius 1 is 1.39 bits per heavy atom. The second-order valence-corrected chi connectivity index (χ2v) is 5.10. The van der Waals surface area contributed by atoms with Crippen molar-refractivity contribution < 1.29 is 14.6 Å². The fraction of sp³-hybridized carbons (Fsp3) is 0.462. The van der Waals surface area contributed by atoms with E-state index in [9.17, 15) is 4.79 Å². The first-order valence-electron chi connectivity index (χ1n) is 5.86. The van der Waals surface area contributed by atoms with E-state index in [0.29, 0.717) is 0 Å². The highest BCUT2D eigenvalue weighted by Gasteiger charge is 2.10. The fourth-order valence-electron chi connectivity index (χ4n) is 1.57. The van der Waals surface area contributed by atoms with E-state index in [1.165, 1.54) is 0 Å². The molecule has 4 nitrogen and oxygen atoms in total. The number of ether oxygens (including phenoxy) is 1. The molecule has 18 heavy (non-hydrogen) atoms. The van der Waals surface area contributed by atoms with Crippen LogP contribution in [0.15, 0.2) is 24.3 Å². The molecule has 0 spiro atoms. The van der Waals surface area contributed by atoms with Gasteiger partial charge in [0.1, 0.15) is 12.3 Å². The number of methoxy groups -OCH3 is 1. The van der Waals surface area contributed by atoms with Gasteiger partial charge in [0.15, 0.2) is 0 Å². The minimum Gasteiger partial charge on any atom is -0.497 e. The maximum atomic E-state index is 10.9. The van der Waals surface area contributed by atoms with Crippen LogP contribution in [0, 0.1) is 0 Å². The van der Waals surface area contributed by atoms with Crippen molar-refractivity contribution in [1.82, 2.24) is 0 Å². The minimum atomic E-state index is -0.813. The summed E-state index contributed by atoms with van der Waals surface area (Å²) >= 11 is 1.81. The van der Waals surface area contributed by atoms with Crippen LogP contribution in [0.25, 0.3) is 0 Å². The van der Waals surface area contributed by atoms with Crippen LogP contribution in [-0.2, 0) is 4.79 Å². The molecule has 0 saturated heterocycles. The van der Waals surface area contributed by atoms with Crippen LogP contribution in [0.3, 0.4) is 0 Å². The predicted molar refractivity (Wildman–Crippen MR) is 75.8 cm³/mol. The van der Waals surface area contributed by atoms with Crippen molar-refractivity contribution in [2.75, 3.05) is 36.6 Å². The number of hydrogen-bond acceptors (Lipinski definition) is 4. The maximum Gasteiger partial charge on any atom is 0.323 e. The van der Waals surface area contributed by atoms with E-state index in [-0.39, 0.29) is 6.54 Å².